The Hall–Kier alpha value is -2.93. The van der Waals surface area contributed by atoms with Crippen LogP contribution in [0.4, 0.5) is 0 Å². The molecule has 0 fully saturated rings. The van der Waals surface area contributed by atoms with Gasteiger partial charge in [-0.2, -0.15) is 4.72 Å². The van der Waals surface area contributed by atoms with Crippen LogP contribution in [0.3, 0.4) is 0 Å². The lowest BCUT2D eigenvalue weighted by molar-refractivity contribution is 0.141. The smallest absolute Gasteiger partial charge is 0.243 e. The summed E-state index contributed by atoms with van der Waals surface area (Å²) in [5.41, 5.74) is 3.05. The Kier molecular flexibility index (Phi) is 5.47. The molecule has 3 aromatic carbocycles. The van der Waals surface area contributed by atoms with Crippen molar-refractivity contribution in [2.24, 2.45) is 0 Å². The third-order valence-electron chi connectivity index (χ3n) is 5.03. The Balaban J connectivity index is 1.65. The molecule has 1 unspecified atom stereocenters. The number of aliphatic hydroxyl groups is 1. The SMILES string of the molecule is CC(C)c1ccc2cc(C(O)NS(=O)(=O)c3ccccc3-c3ccccc3)oc2c1. The highest BCUT2D eigenvalue weighted by Crippen LogP contribution is 2.30. The van der Waals surface area contributed by atoms with Gasteiger partial charge in [-0.15, -0.1) is 0 Å². The van der Waals surface area contributed by atoms with E-state index in [2.05, 4.69) is 18.6 Å². The minimum absolute atomic E-state index is 0.0912. The molecule has 0 radical (unpaired) electrons. The van der Waals surface area contributed by atoms with Crippen molar-refractivity contribution in [2.75, 3.05) is 0 Å². The third kappa shape index (κ3) is 4.03. The predicted molar refractivity (Wildman–Crippen MR) is 117 cm³/mol. The van der Waals surface area contributed by atoms with Gasteiger partial charge in [0.25, 0.3) is 0 Å². The van der Waals surface area contributed by atoms with Crippen LogP contribution in [0.25, 0.3) is 22.1 Å². The van der Waals surface area contributed by atoms with Crippen LogP contribution >= 0.6 is 0 Å². The summed E-state index contributed by atoms with van der Waals surface area (Å²) in [6.07, 6.45) is -1.51. The second-order valence-electron chi connectivity index (χ2n) is 7.49. The fraction of sp³-hybridized carbons (Fsp3) is 0.167. The maximum absolute atomic E-state index is 13.1. The molecule has 0 saturated carbocycles. The highest BCUT2D eigenvalue weighted by Gasteiger charge is 2.25. The van der Waals surface area contributed by atoms with Gasteiger partial charge in [-0.1, -0.05) is 74.5 Å². The number of nitrogens with one attached hydrogen (secondary N) is 1. The molecular formula is C24H23NO4S. The molecule has 0 aliphatic rings. The minimum atomic E-state index is -4.01. The minimum Gasteiger partial charge on any atom is -0.457 e. The van der Waals surface area contributed by atoms with Gasteiger partial charge in [0.05, 0.1) is 4.90 Å². The Labute approximate surface area is 176 Å². The first-order chi connectivity index (χ1) is 14.3. The predicted octanol–water partition coefficient (Wildman–Crippen LogP) is 5.19. The third-order valence-corrected chi connectivity index (χ3v) is 6.50. The van der Waals surface area contributed by atoms with E-state index in [0.717, 1.165) is 16.5 Å². The van der Waals surface area contributed by atoms with Crippen molar-refractivity contribution in [2.45, 2.75) is 30.9 Å². The molecule has 4 aromatic rings. The van der Waals surface area contributed by atoms with Crippen LogP contribution < -0.4 is 4.72 Å². The molecule has 1 heterocycles. The molecule has 6 heteroatoms. The first-order valence-electron chi connectivity index (χ1n) is 9.73. The summed E-state index contributed by atoms with van der Waals surface area (Å²) in [4.78, 5) is 0.0912. The summed E-state index contributed by atoms with van der Waals surface area (Å²) in [6.45, 7) is 4.16. The number of hydrogen-bond acceptors (Lipinski definition) is 4. The summed E-state index contributed by atoms with van der Waals surface area (Å²) >= 11 is 0. The summed E-state index contributed by atoms with van der Waals surface area (Å²) < 4.78 is 34.2. The normalized spacial score (nSPS) is 13.1. The van der Waals surface area contributed by atoms with Gasteiger partial charge < -0.3 is 9.52 Å². The van der Waals surface area contributed by atoms with Crippen molar-refractivity contribution in [1.82, 2.24) is 4.72 Å². The highest BCUT2D eigenvalue weighted by molar-refractivity contribution is 7.89. The van der Waals surface area contributed by atoms with Crippen LogP contribution in [0, 0.1) is 0 Å². The lowest BCUT2D eigenvalue weighted by Gasteiger charge is -2.14. The van der Waals surface area contributed by atoms with Gasteiger partial charge in [0, 0.05) is 10.9 Å². The first-order valence-corrected chi connectivity index (χ1v) is 11.2. The van der Waals surface area contributed by atoms with E-state index in [4.69, 9.17) is 4.42 Å². The van der Waals surface area contributed by atoms with Crippen LogP contribution in [0.1, 0.15) is 37.3 Å². The van der Waals surface area contributed by atoms with Crippen molar-refractivity contribution in [3.05, 3.63) is 90.2 Å². The topological polar surface area (TPSA) is 79.5 Å². The van der Waals surface area contributed by atoms with Gasteiger partial charge in [-0.05, 0) is 35.2 Å². The Morgan fingerprint density at radius 3 is 2.33 bits per heavy atom. The molecular weight excluding hydrogens is 398 g/mol. The molecule has 4 rings (SSSR count). The van der Waals surface area contributed by atoms with Crippen molar-refractivity contribution >= 4 is 21.0 Å². The summed E-state index contributed by atoms with van der Waals surface area (Å²) in [5.74, 6) is 0.479. The van der Waals surface area contributed by atoms with Crippen LogP contribution in [0.15, 0.2) is 88.2 Å². The number of furan rings is 1. The number of rotatable bonds is 6. The van der Waals surface area contributed by atoms with E-state index in [9.17, 15) is 13.5 Å². The zero-order valence-corrected chi connectivity index (χ0v) is 17.6. The summed E-state index contributed by atoms with van der Waals surface area (Å²) in [6, 6.07) is 23.4. The fourth-order valence-electron chi connectivity index (χ4n) is 3.39. The van der Waals surface area contributed by atoms with Gasteiger partial charge in [-0.25, -0.2) is 8.42 Å². The Morgan fingerprint density at radius 2 is 1.60 bits per heavy atom. The van der Waals surface area contributed by atoms with Gasteiger partial charge >= 0.3 is 0 Å². The molecule has 1 aromatic heterocycles. The maximum Gasteiger partial charge on any atom is 0.243 e. The number of fused-ring (bicyclic) bond motifs is 1. The van der Waals surface area contributed by atoms with Gasteiger partial charge in [-0.3, -0.25) is 0 Å². The van der Waals surface area contributed by atoms with E-state index in [0.29, 0.717) is 17.1 Å². The zero-order chi connectivity index (χ0) is 21.3. The van der Waals surface area contributed by atoms with E-state index in [1.54, 1.807) is 24.3 Å². The van der Waals surface area contributed by atoms with Crippen molar-refractivity contribution in [3.63, 3.8) is 0 Å². The van der Waals surface area contributed by atoms with Crippen LogP contribution in [0.2, 0.25) is 0 Å². The van der Waals surface area contributed by atoms with Crippen molar-refractivity contribution in [1.29, 1.82) is 0 Å². The second-order valence-corrected chi connectivity index (χ2v) is 9.17. The standard InChI is InChI=1S/C24H23NO4S/c1-16(2)18-12-13-19-15-22(29-21(19)14-18)24(26)25-30(27,28)23-11-7-6-10-20(23)17-8-4-3-5-9-17/h3-16,24-26H,1-2H3. The second kappa shape index (κ2) is 8.07. The van der Waals surface area contributed by atoms with E-state index in [1.165, 1.54) is 6.07 Å². The fourth-order valence-corrected chi connectivity index (χ4v) is 4.66. The molecule has 0 saturated heterocycles. The summed E-state index contributed by atoms with van der Waals surface area (Å²) in [5, 5.41) is 11.4. The highest BCUT2D eigenvalue weighted by atomic mass is 32.2. The molecule has 0 amide bonds. The maximum atomic E-state index is 13.1. The molecule has 1 atom stereocenters. The molecule has 2 N–H and O–H groups in total. The monoisotopic (exact) mass is 421 g/mol. The van der Waals surface area contributed by atoms with Crippen LogP contribution in [0.5, 0.6) is 0 Å². The van der Waals surface area contributed by atoms with Gasteiger partial charge in [0.15, 0.2) is 6.23 Å². The van der Waals surface area contributed by atoms with E-state index < -0.39 is 16.3 Å². The van der Waals surface area contributed by atoms with Crippen LogP contribution in [-0.2, 0) is 10.0 Å². The van der Waals surface area contributed by atoms with Gasteiger partial charge in [0.1, 0.15) is 11.3 Å². The average Bonchev–Trinajstić information content (AvgIpc) is 3.18. The Bertz CT molecular complexity index is 1280. The largest absolute Gasteiger partial charge is 0.457 e. The molecule has 0 aliphatic carbocycles. The summed E-state index contributed by atoms with van der Waals surface area (Å²) in [7, 11) is -4.01. The van der Waals surface area contributed by atoms with Crippen molar-refractivity contribution in [3.8, 4) is 11.1 Å². The first kappa shape index (κ1) is 20.3. The number of sulfonamides is 1. The van der Waals surface area contributed by atoms with E-state index in [1.807, 2.05) is 48.5 Å². The quantitative estimate of drug-likeness (QED) is 0.420. The molecule has 5 nitrogen and oxygen atoms in total. The van der Waals surface area contributed by atoms with E-state index in [-0.39, 0.29) is 10.7 Å². The number of benzene rings is 3. The Morgan fingerprint density at radius 1 is 0.900 bits per heavy atom. The number of hydrogen-bond donors (Lipinski definition) is 2. The number of aliphatic hydroxyl groups excluding tert-OH is 1. The lowest BCUT2D eigenvalue weighted by atomic mass is 10.0. The average molecular weight is 422 g/mol. The molecule has 154 valence electrons. The van der Waals surface area contributed by atoms with E-state index >= 15 is 0 Å². The zero-order valence-electron chi connectivity index (χ0n) is 16.7. The van der Waals surface area contributed by atoms with Crippen molar-refractivity contribution < 1.29 is 17.9 Å². The molecule has 30 heavy (non-hydrogen) atoms. The van der Waals surface area contributed by atoms with Crippen LogP contribution in [-0.4, -0.2) is 13.5 Å². The lowest BCUT2D eigenvalue weighted by Crippen LogP contribution is -2.28. The van der Waals surface area contributed by atoms with Gasteiger partial charge in [0.2, 0.25) is 10.0 Å². The molecule has 0 bridgehead atoms. The molecule has 0 aliphatic heterocycles. The molecule has 0 spiro atoms.